The van der Waals surface area contributed by atoms with Crippen molar-refractivity contribution in [1.82, 2.24) is 0 Å². The van der Waals surface area contributed by atoms with Gasteiger partial charge < -0.3 is 9.84 Å². The molecule has 1 heterocycles. The molecule has 1 aliphatic rings. The summed E-state index contributed by atoms with van der Waals surface area (Å²) in [5.74, 6) is -1.84. The first-order chi connectivity index (χ1) is 10.8. The van der Waals surface area contributed by atoms with Crippen LogP contribution in [0.25, 0.3) is 5.57 Å². The summed E-state index contributed by atoms with van der Waals surface area (Å²) >= 11 is 0. The van der Waals surface area contributed by atoms with Crippen LogP contribution in [0, 0.1) is 0 Å². The molecule has 6 heteroatoms. The average molecular weight is 322 g/mol. The van der Waals surface area contributed by atoms with Crippen LogP contribution in [0.3, 0.4) is 0 Å². The van der Waals surface area contributed by atoms with Crippen molar-refractivity contribution in [3.8, 4) is 0 Å². The van der Waals surface area contributed by atoms with E-state index in [4.69, 9.17) is 9.84 Å². The van der Waals surface area contributed by atoms with Crippen LogP contribution < -0.4 is 0 Å². The van der Waals surface area contributed by atoms with E-state index in [9.17, 15) is 18.0 Å². The number of carboxylic acids is 1. The zero-order valence-electron chi connectivity index (χ0n) is 11.9. The van der Waals surface area contributed by atoms with E-state index in [1.54, 1.807) is 30.3 Å². The maximum absolute atomic E-state index is 13.1. The number of hydrogen-bond donors (Lipinski definition) is 1. The summed E-state index contributed by atoms with van der Waals surface area (Å²) in [5, 5.41) is 8.96. The molecule has 1 aromatic rings. The number of allylic oxidation sites excluding steroid dienone is 3. The van der Waals surface area contributed by atoms with Gasteiger partial charge in [0.05, 0.1) is 5.57 Å². The molecule has 0 aliphatic carbocycles. The van der Waals surface area contributed by atoms with Gasteiger partial charge in [0.2, 0.25) is 6.10 Å². The zero-order chi connectivity index (χ0) is 17.2. The molecule has 1 atom stereocenters. The third-order valence-corrected chi connectivity index (χ3v) is 3.22. The van der Waals surface area contributed by atoms with E-state index >= 15 is 0 Å². The van der Waals surface area contributed by atoms with Crippen molar-refractivity contribution >= 4 is 11.5 Å². The molecule has 23 heavy (non-hydrogen) atoms. The number of hydrogen-bond acceptors (Lipinski definition) is 2. The van der Waals surface area contributed by atoms with Gasteiger partial charge in [-0.1, -0.05) is 49.6 Å². The van der Waals surface area contributed by atoms with Crippen molar-refractivity contribution in [3.63, 3.8) is 0 Å². The highest BCUT2D eigenvalue weighted by molar-refractivity contribution is 5.90. The van der Waals surface area contributed by atoms with Gasteiger partial charge in [-0.3, -0.25) is 0 Å². The van der Waals surface area contributed by atoms with Gasteiger partial charge in [0, 0.05) is 11.1 Å². The Morgan fingerprint density at radius 3 is 2.35 bits per heavy atom. The molecule has 2 rings (SSSR count). The molecule has 120 valence electrons. The fourth-order valence-corrected chi connectivity index (χ4v) is 2.20. The Morgan fingerprint density at radius 1 is 1.26 bits per heavy atom. The number of carbonyl (C=O) groups is 1. The number of alkyl halides is 3. The monoisotopic (exact) mass is 322 g/mol. The Hall–Kier alpha value is -2.76. The summed E-state index contributed by atoms with van der Waals surface area (Å²) in [6, 6.07) is 8.54. The van der Waals surface area contributed by atoms with E-state index in [0.29, 0.717) is 11.1 Å². The van der Waals surface area contributed by atoms with E-state index < -0.39 is 23.8 Å². The van der Waals surface area contributed by atoms with Crippen molar-refractivity contribution in [2.45, 2.75) is 12.3 Å². The van der Waals surface area contributed by atoms with Crippen LogP contribution in [0.15, 0.2) is 72.5 Å². The molecule has 1 unspecified atom stereocenters. The molecular weight excluding hydrogens is 309 g/mol. The van der Waals surface area contributed by atoms with Gasteiger partial charge in [-0.2, -0.15) is 13.2 Å². The van der Waals surface area contributed by atoms with Crippen LogP contribution in [-0.4, -0.2) is 23.4 Å². The summed E-state index contributed by atoms with van der Waals surface area (Å²) in [7, 11) is 0. The van der Waals surface area contributed by atoms with Gasteiger partial charge in [0.25, 0.3) is 0 Å². The summed E-state index contributed by atoms with van der Waals surface area (Å²) in [6.45, 7) is 7.19. The van der Waals surface area contributed by atoms with E-state index in [2.05, 4.69) is 13.2 Å². The zero-order valence-corrected chi connectivity index (χ0v) is 11.9. The lowest BCUT2D eigenvalue weighted by molar-refractivity contribution is -0.199. The maximum Gasteiger partial charge on any atom is 0.430 e. The van der Waals surface area contributed by atoms with Crippen LogP contribution in [0.4, 0.5) is 13.2 Å². The number of halogens is 3. The Bertz CT molecular complexity index is 712. The topological polar surface area (TPSA) is 46.5 Å². The Labute approximate surface area is 130 Å². The Kier molecular flexibility index (Phi) is 4.45. The van der Waals surface area contributed by atoms with Crippen molar-refractivity contribution in [3.05, 3.63) is 78.1 Å². The van der Waals surface area contributed by atoms with Crippen molar-refractivity contribution in [2.75, 3.05) is 0 Å². The van der Waals surface area contributed by atoms with Crippen molar-refractivity contribution in [1.29, 1.82) is 0 Å². The van der Waals surface area contributed by atoms with Crippen molar-refractivity contribution in [2.24, 2.45) is 0 Å². The predicted octanol–water partition coefficient (Wildman–Crippen LogP) is 4.11. The molecule has 1 aromatic carbocycles. The second-order valence-corrected chi connectivity index (χ2v) is 4.78. The molecule has 1 N–H and O–H groups in total. The van der Waals surface area contributed by atoms with Crippen molar-refractivity contribution < 1.29 is 27.8 Å². The van der Waals surface area contributed by atoms with Crippen LogP contribution in [0.5, 0.6) is 0 Å². The van der Waals surface area contributed by atoms with Gasteiger partial charge in [0.15, 0.2) is 0 Å². The van der Waals surface area contributed by atoms with Crippen LogP contribution >= 0.6 is 0 Å². The SMILES string of the molecule is C=C/C(=C1/OC(C(F)(F)F)C(C(=O)O)=CC1=C)c1ccccc1. The molecule has 1 aliphatic heterocycles. The number of aliphatic carboxylic acids is 1. The first-order valence-corrected chi connectivity index (χ1v) is 6.55. The lowest BCUT2D eigenvalue weighted by Crippen LogP contribution is -2.38. The van der Waals surface area contributed by atoms with Crippen LogP contribution in [0.2, 0.25) is 0 Å². The molecule has 0 fully saturated rings. The van der Waals surface area contributed by atoms with Gasteiger partial charge in [-0.05, 0) is 11.6 Å². The summed E-state index contributed by atoms with van der Waals surface area (Å²) in [4.78, 5) is 11.0. The molecule has 0 saturated heterocycles. The molecule has 0 radical (unpaired) electrons. The molecule has 0 spiro atoms. The summed E-state index contributed by atoms with van der Waals surface area (Å²) in [5.41, 5.74) is 0.0432. The number of benzene rings is 1. The van der Waals surface area contributed by atoms with Gasteiger partial charge >= 0.3 is 12.1 Å². The first-order valence-electron chi connectivity index (χ1n) is 6.55. The van der Waals surface area contributed by atoms with E-state index in [1.165, 1.54) is 6.08 Å². The molecule has 3 nitrogen and oxygen atoms in total. The number of rotatable bonds is 3. The van der Waals surface area contributed by atoms with Gasteiger partial charge in [-0.15, -0.1) is 0 Å². The smallest absolute Gasteiger partial charge is 0.430 e. The second-order valence-electron chi connectivity index (χ2n) is 4.78. The summed E-state index contributed by atoms with van der Waals surface area (Å²) in [6.07, 6.45) is -5.19. The predicted molar refractivity (Wildman–Crippen MR) is 79.3 cm³/mol. The third kappa shape index (κ3) is 3.36. The highest BCUT2D eigenvalue weighted by Crippen LogP contribution is 2.39. The van der Waals surface area contributed by atoms with Crippen LogP contribution in [-0.2, 0) is 9.53 Å². The molecule has 0 amide bonds. The standard InChI is InChI=1S/C17H13F3O3/c1-3-12(11-7-5-4-6-8-11)14-10(2)9-13(16(21)22)15(23-14)17(18,19)20/h3-9,15H,1-2H2,(H,21,22)/b14-12-. The minimum Gasteiger partial charge on any atom is -0.478 e. The Morgan fingerprint density at radius 2 is 1.87 bits per heavy atom. The lowest BCUT2D eigenvalue weighted by atomic mass is 9.96. The normalized spacial score (nSPS) is 20.4. The van der Waals surface area contributed by atoms with Crippen LogP contribution in [0.1, 0.15) is 5.56 Å². The fourth-order valence-electron chi connectivity index (χ4n) is 2.20. The fraction of sp³-hybridized carbons (Fsp3) is 0.118. The minimum atomic E-state index is -4.86. The second kappa shape index (κ2) is 6.16. The quantitative estimate of drug-likeness (QED) is 0.911. The lowest BCUT2D eigenvalue weighted by Gasteiger charge is -2.29. The minimum absolute atomic E-state index is 0.0432. The highest BCUT2D eigenvalue weighted by atomic mass is 19.4. The first kappa shape index (κ1) is 16.6. The van der Waals surface area contributed by atoms with E-state index in [1.807, 2.05) is 0 Å². The average Bonchev–Trinajstić information content (AvgIpc) is 2.49. The summed E-state index contributed by atoms with van der Waals surface area (Å²) < 4.78 is 44.3. The van der Waals surface area contributed by atoms with Gasteiger partial charge in [0.1, 0.15) is 5.76 Å². The Balaban J connectivity index is 2.61. The molecule has 0 aromatic heterocycles. The van der Waals surface area contributed by atoms with Gasteiger partial charge in [-0.25, -0.2) is 4.79 Å². The highest BCUT2D eigenvalue weighted by Gasteiger charge is 2.49. The number of ether oxygens (including phenoxy) is 1. The molecule has 0 bridgehead atoms. The largest absolute Gasteiger partial charge is 0.478 e. The number of carboxylic acid groups (broad SMARTS) is 1. The van der Waals surface area contributed by atoms with E-state index in [-0.39, 0.29) is 11.3 Å². The maximum atomic E-state index is 13.1. The third-order valence-electron chi connectivity index (χ3n) is 3.22. The van der Waals surface area contributed by atoms with E-state index in [0.717, 1.165) is 6.08 Å². The molecular formula is C17H13F3O3. The molecule has 0 saturated carbocycles.